The minimum atomic E-state index is -0.676. The lowest BCUT2D eigenvalue weighted by Crippen LogP contribution is -2.33. The third kappa shape index (κ3) is 2.09. The van der Waals surface area contributed by atoms with E-state index in [0.717, 1.165) is 0 Å². The summed E-state index contributed by atoms with van der Waals surface area (Å²) in [5.74, 6) is 4.49. The first kappa shape index (κ1) is 10.2. The second-order valence-corrected chi connectivity index (χ2v) is 3.76. The van der Waals surface area contributed by atoms with Gasteiger partial charge in [-0.1, -0.05) is 5.92 Å². The molecule has 0 N–H and O–H groups in total. The number of rotatable bonds is 0. The molecule has 1 aliphatic heterocycles. The largest absolute Gasteiger partial charge is 0.343 e. The fourth-order valence-electron chi connectivity index (χ4n) is 1.46. The summed E-state index contributed by atoms with van der Waals surface area (Å²) in [7, 11) is 0. The van der Waals surface area contributed by atoms with Crippen molar-refractivity contribution >= 4 is 6.29 Å². The molecule has 1 aliphatic rings. The highest BCUT2D eigenvalue weighted by molar-refractivity contribution is 5.73. The summed E-state index contributed by atoms with van der Waals surface area (Å²) in [5, 5.41) is 0. The van der Waals surface area contributed by atoms with Gasteiger partial charge in [-0.05, 0) is 33.6 Å². The van der Waals surface area contributed by atoms with Crippen LogP contribution in [0.25, 0.3) is 0 Å². The van der Waals surface area contributed by atoms with E-state index < -0.39 is 11.4 Å². The maximum Gasteiger partial charge on any atom is 0.192 e. The zero-order valence-corrected chi connectivity index (χ0v) is 8.38. The van der Waals surface area contributed by atoms with Crippen LogP contribution in [0, 0.1) is 11.8 Å². The summed E-state index contributed by atoms with van der Waals surface area (Å²) in [6.45, 7) is 7.37. The maximum atomic E-state index is 10.1. The van der Waals surface area contributed by atoms with Crippen LogP contribution in [0.2, 0.25) is 0 Å². The van der Waals surface area contributed by atoms with Crippen LogP contribution in [-0.2, 0) is 14.3 Å². The van der Waals surface area contributed by atoms with Gasteiger partial charge in [0.25, 0.3) is 0 Å². The summed E-state index contributed by atoms with van der Waals surface area (Å²) in [6.07, 6.45) is 0.432. The first-order valence-corrected chi connectivity index (χ1v) is 4.24. The molecule has 0 aromatic carbocycles. The van der Waals surface area contributed by atoms with Crippen LogP contribution in [-0.4, -0.2) is 23.8 Å². The highest BCUT2D eigenvalue weighted by atomic mass is 16.8. The van der Waals surface area contributed by atoms with Gasteiger partial charge in [-0.2, -0.15) is 0 Å². The van der Waals surface area contributed by atoms with Crippen molar-refractivity contribution in [3.63, 3.8) is 0 Å². The summed E-state index contributed by atoms with van der Waals surface area (Å²) >= 11 is 0. The van der Waals surface area contributed by atoms with Gasteiger partial charge in [0.05, 0.1) is 6.10 Å². The second-order valence-electron chi connectivity index (χ2n) is 3.76. The second kappa shape index (κ2) is 3.13. The van der Waals surface area contributed by atoms with Gasteiger partial charge in [-0.3, -0.25) is 4.79 Å². The van der Waals surface area contributed by atoms with E-state index in [-0.39, 0.29) is 6.10 Å². The molecule has 1 rings (SSSR count). The number of hydrogen-bond acceptors (Lipinski definition) is 3. The molecule has 13 heavy (non-hydrogen) atoms. The first-order valence-electron chi connectivity index (χ1n) is 4.24. The lowest BCUT2D eigenvalue weighted by molar-refractivity contribution is -0.151. The van der Waals surface area contributed by atoms with E-state index in [9.17, 15) is 4.79 Å². The Morgan fingerprint density at radius 2 is 2.00 bits per heavy atom. The molecule has 0 bridgehead atoms. The van der Waals surface area contributed by atoms with Crippen molar-refractivity contribution < 1.29 is 14.3 Å². The maximum absolute atomic E-state index is 10.1. The normalized spacial score (nSPS) is 36.5. The Morgan fingerprint density at radius 1 is 1.38 bits per heavy atom. The Kier molecular flexibility index (Phi) is 2.47. The monoisotopic (exact) mass is 182 g/mol. The van der Waals surface area contributed by atoms with E-state index in [0.29, 0.717) is 6.29 Å². The standard InChI is InChI=1S/C10H14O3/c1-8-10(4,6-5-7-11)13-9(2,3)12-8/h7-8H,1-4H3. The zero-order valence-electron chi connectivity index (χ0n) is 8.38. The topological polar surface area (TPSA) is 35.5 Å². The van der Waals surface area contributed by atoms with Crippen molar-refractivity contribution in [2.75, 3.05) is 0 Å². The highest BCUT2D eigenvalue weighted by Crippen LogP contribution is 2.35. The molecule has 2 atom stereocenters. The average molecular weight is 182 g/mol. The van der Waals surface area contributed by atoms with Crippen molar-refractivity contribution in [1.82, 2.24) is 0 Å². The van der Waals surface area contributed by atoms with Crippen LogP contribution in [0.15, 0.2) is 0 Å². The number of ether oxygens (including phenoxy) is 2. The Balaban J connectivity index is 2.87. The van der Waals surface area contributed by atoms with E-state index in [1.54, 1.807) is 0 Å². The Bertz CT molecular complexity index is 272. The Labute approximate surface area is 78.4 Å². The molecule has 3 heteroatoms. The highest BCUT2D eigenvalue weighted by Gasteiger charge is 2.46. The van der Waals surface area contributed by atoms with Gasteiger partial charge >= 0.3 is 0 Å². The van der Waals surface area contributed by atoms with Crippen LogP contribution in [0.5, 0.6) is 0 Å². The Morgan fingerprint density at radius 3 is 2.38 bits per heavy atom. The molecular formula is C10H14O3. The van der Waals surface area contributed by atoms with Crippen LogP contribution >= 0.6 is 0 Å². The van der Waals surface area contributed by atoms with Gasteiger partial charge in [-0.25, -0.2) is 0 Å². The molecule has 1 saturated heterocycles. The lowest BCUT2D eigenvalue weighted by atomic mass is 10.0. The summed E-state index contributed by atoms with van der Waals surface area (Å²) < 4.78 is 11.1. The van der Waals surface area contributed by atoms with Crippen LogP contribution in [0.4, 0.5) is 0 Å². The van der Waals surface area contributed by atoms with E-state index in [2.05, 4.69) is 11.8 Å². The van der Waals surface area contributed by atoms with Crippen molar-refractivity contribution in [2.24, 2.45) is 0 Å². The smallest absolute Gasteiger partial charge is 0.192 e. The van der Waals surface area contributed by atoms with Crippen LogP contribution < -0.4 is 0 Å². The predicted octanol–water partition coefficient (Wildman–Crippen LogP) is 1.12. The summed E-state index contributed by atoms with van der Waals surface area (Å²) in [6, 6.07) is 0. The number of carbonyl (C=O) groups excluding carboxylic acids is 1. The molecule has 1 heterocycles. The van der Waals surface area contributed by atoms with Gasteiger partial charge in [0, 0.05) is 0 Å². The zero-order chi connectivity index (χ0) is 10.1. The average Bonchev–Trinajstić information content (AvgIpc) is 2.18. The molecule has 0 radical (unpaired) electrons. The number of aldehydes is 1. The van der Waals surface area contributed by atoms with E-state index in [4.69, 9.17) is 9.47 Å². The number of carbonyl (C=O) groups is 1. The quantitative estimate of drug-likeness (QED) is 0.416. The van der Waals surface area contributed by atoms with Crippen molar-refractivity contribution in [3.8, 4) is 11.8 Å². The van der Waals surface area contributed by atoms with Gasteiger partial charge in [-0.15, -0.1) is 0 Å². The summed E-state index contributed by atoms with van der Waals surface area (Å²) in [5.41, 5.74) is -0.676. The van der Waals surface area contributed by atoms with Gasteiger partial charge < -0.3 is 9.47 Å². The van der Waals surface area contributed by atoms with Gasteiger partial charge in [0.15, 0.2) is 17.7 Å². The Hall–Kier alpha value is -0.850. The minimum Gasteiger partial charge on any atom is -0.343 e. The fourth-order valence-corrected chi connectivity index (χ4v) is 1.46. The van der Waals surface area contributed by atoms with Gasteiger partial charge in [0.2, 0.25) is 0 Å². The molecule has 0 aliphatic carbocycles. The predicted molar refractivity (Wildman–Crippen MR) is 48.0 cm³/mol. The third-order valence-electron chi connectivity index (χ3n) is 2.07. The molecule has 0 aromatic rings. The molecule has 2 unspecified atom stereocenters. The van der Waals surface area contributed by atoms with Gasteiger partial charge in [0.1, 0.15) is 0 Å². The van der Waals surface area contributed by atoms with Crippen LogP contribution in [0.1, 0.15) is 27.7 Å². The molecule has 0 saturated carbocycles. The van der Waals surface area contributed by atoms with E-state index in [1.165, 1.54) is 0 Å². The van der Waals surface area contributed by atoms with E-state index in [1.807, 2.05) is 27.7 Å². The molecular weight excluding hydrogens is 168 g/mol. The molecule has 3 nitrogen and oxygen atoms in total. The lowest BCUT2D eigenvalue weighted by Gasteiger charge is -2.20. The number of hydrogen-bond donors (Lipinski definition) is 0. The SMILES string of the molecule is CC1OC(C)(C)OC1(C)C#CC=O. The molecule has 1 fully saturated rings. The van der Waals surface area contributed by atoms with Crippen LogP contribution in [0.3, 0.4) is 0 Å². The van der Waals surface area contributed by atoms with Crippen molar-refractivity contribution in [3.05, 3.63) is 0 Å². The van der Waals surface area contributed by atoms with Crippen molar-refractivity contribution in [1.29, 1.82) is 0 Å². The molecule has 0 spiro atoms. The fraction of sp³-hybridized carbons (Fsp3) is 0.700. The molecule has 0 aromatic heterocycles. The van der Waals surface area contributed by atoms with E-state index >= 15 is 0 Å². The summed E-state index contributed by atoms with van der Waals surface area (Å²) in [4.78, 5) is 10.1. The van der Waals surface area contributed by atoms with Crippen molar-refractivity contribution in [2.45, 2.75) is 45.2 Å². The third-order valence-corrected chi connectivity index (χ3v) is 2.07. The molecule has 0 amide bonds. The first-order chi connectivity index (χ1) is 5.90. The minimum absolute atomic E-state index is 0.130. The molecule has 72 valence electrons.